The minimum Gasteiger partial charge on any atom is -0.368 e. The predicted molar refractivity (Wildman–Crippen MR) is 119 cm³/mol. The van der Waals surface area contributed by atoms with Crippen LogP contribution in [0.15, 0.2) is 35.1 Å². The van der Waals surface area contributed by atoms with Gasteiger partial charge in [-0.2, -0.15) is 5.26 Å². The van der Waals surface area contributed by atoms with Gasteiger partial charge < -0.3 is 15.5 Å². The van der Waals surface area contributed by atoms with E-state index in [0.717, 1.165) is 48.5 Å². The molecular weight excluding hydrogens is 378 g/mol. The summed E-state index contributed by atoms with van der Waals surface area (Å²) < 4.78 is 3.32. The molecule has 0 spiro atoms. The summed E-state index contributed by atoms with van der Waals surface area (Å²) in [6.07, 6.45) is 2.01. The first-order valence-corrected chi connectivity index (χ1v) is 10.2. The molecule has 8 heteroatoms. The van der Waals surface area contributed by atoms with E-state index in [1.807, 2.05) is 43.3 Å². The average Bonchev–Trinajstić information content (AvgIpc) is 2.98. The second-order valence-corrected chi connectivity index (χ2v) is 8.11. The second kappa shape index (κ2) is 7.84. The number of rotatable bonds is 4. The van der Waals surface area contributed by atoms with Gasteiger partial charge in [-0.3, -0.25) is 9.13 Å². The molecule has 1 aliphatic heterocycles. The Labute approximate surface area is 175 Å². The van der Waals surface area contributed by atoms with Crippen molar-refractivity contribution in [2.75, 3.05) is 37.0 Å². The van der Waals surface area contributed by atoms with Gasteiger partial charge in [0, 0.05) is 46.3 Å². The van der Waals surface area contributed by atoms with Gasteiger partial charge in [0.2, 0.25) is 0 Å². The van der Waals surface area contributed by atoms with Crippen molar-refractivity contribution >= 4 is 22.7 Å². The summed E-state index contributed by atoms with van der Waals surface area (Å²) in [5, 5.41) is 9.49. The van der Waals surface area contributed by atoms with Gasteiger partial charge in [0.05, 0.1) is 23.9 Å². The third-order valence-electron chi connectivity index (χ3n) is 5.77. The second-order valence-electron chi connectivity index (χ2n) is 8.11. The van der Waals surface area contributed by atoms with Crippen LogP contribution in [0.3, 0.4) is 0 Å². The average molecular weight is 406 g/mol. The number of anilines is 2. The minimum atomic E-state index is -0.149. The quantitative estimate of drug-likeness (QED) is 0.709. The molecule has 0 amide bonds. The van der Waals surface area contributed by atoms with E-state index in [1.165, 1.54) is 0 Å². The van der Waals surface area contributed by atoms with E-state index in [2.05, 4.69) is 11.0 Å². The lowest BCUT2D eigenvalue weighted by molar-refractivity contribution is 0.506. The van der Waals surface area contributed by atoms with Gasteiger partial charge >= 0.3 is 5.69 Å². The van der Waals surface area contributed by atoms with Crippen molar-refractivity contribution < 1.29 is 0 Å². The molecule has 1 aliphatic rings. The number of hydrogen-bond donors (Lipinski definition) is 1. The van der Waals surface area contributed by atoms with Crippen LogP contribution in [0.2, 0.25) is 0 Å². The first-order chi connectivity index (χ1) is 14.4. The molecule has 3 aromatic rings. The standard InChI is InChI=1S/C22H27N7O/c1-26(2)19-11-18(28-10-6-9-17(24)14-28)20-21(25-19)27(3)22(30)29(20)13-16-8-5-4-7-15(16)12-23/h4-5,7-8,11,17H,6,9-10,13-14,24H2,1-3H3. The van der Waals surface area contributed by atoms with Crippen molar-refractivity contribution in [1.29, 1.82) is 5.26 Å². The number of nitriles is 1. The molecule has 0 bridgehead atoms. The third-order valence-corrected chi connectivity index (χ3v) is 5.77. The molecule has 0 aliphatic carbocycles. The topological polar surface area (TPSA) is 96.1 Å². The number of aryl methyl sites for hydroxylation is 1. The molecule has 2 aromatic heterocycles. The maximum atomic E-state index is 13.2. The number of nitrogens with two attached hydrogens (primary N) is 1. The molecule has 3 heterocycles. The fourth-order valence-electron chi connectivity index (χ4n) is 4.14. The monoisotopic (exact) mass is 405 g/mol. The summed E-state index contributed by atoms with van der Waals surface area (Å²) in [4.78, 5) is 22.2. The maximum Gasteiger partial charge on any atom is 0.330 e. The van der Waals surface area contributed by atoms with Crippen LogP contribution in [0.1, 0.15) is 24.0 Å². The Bertz CT molecular complexity index is 1180. The van der Waals surface area contributed by atoms with Crippen LogP contribution in [-0.2, 0) is 13.6 Å². The van der Waals surface area contributed by atoms with E-state index in [-0.39, 0.29) is 11.7 Å². The zero-order chi connectivity index (χ0) is 21.4. The van der Waals surface area contributed by atoms with E-state index in [4.69, 9.17) is 10.7 Å². The van der Waals surface area contributed by atoms with Crippen molar-refractivity contribution in [1.82, 2.24) is 14.1 Å². The zero-order valence-corrected chi connectivity index (χ0v) is 17.7. The van der Waals surface area contributed by atoms with Crippen molar-refractivity contribution in [2.24, 2.45) is 12.8 Å². The Hall–Kier alpha value is -3.31. The number of pyridine rings is 1. The molecular formula is C22H27N7O. The van der Waals surface area contributed by atoms with Gasteiger partial charge in [-0.1, -0.05) is 18.2 Å². The molecule has 1 fully saturated rings. The third kappa shape index (κ3) is 3.42. The molecule has 4 rings (SSSR count). The maximum absolute atomic E-state index is 13.2. The van der Waals surface area contributed by atoms with Crippen molar-refractivity contribution in [3.63, 3.8) is 0 Å². The summed E-state index contributed by atoms with van der Waals surface area (Å²) in [5.41, 5.74) is 9.88. The van der Waals surface area contributed by atoms with E-state index >= 15 is 0 Å². The number of benzene rings is 1. The normalized spacial score (nSPS) is 16.6. The first kappa shape index (κ1) is 20.0. The fourth-order valence-corrected chi connectivity index (χ4v) is 4.14. The summed E-state index contributed by atoms with van der Waals surface area (Å²) in [6.45, 7) is 1.94. The molecule has 1 unspecified atom stereocenters. The Morgan fingerprint density at radius 1 is 1.33 bits per heavy atom. The number of imidazole rings is 1. The molecule has 8 nitrogen and oxygen atoms in total. The number of aromatic nitrogens is 3. The van der Waals surface area contributed by atoms with Gasteiger partial charge in [0.25, 0.3) is 0 Å². The van der Waals surface area contributed by atoms with Crippen molar-refractivity contribution in [2.45, 2.75) is 25.4 Å². The summed E-state index contributed by atoms with van der Waals surface area (Å²) in [7, 11) is 5.63. The highest BCUT2D eigenvalue weighted by atomic mass is 16.1. The number of fused-ring (bicyclic) bond motifs is 1. The van der Waals surface area contributed by atoms with E-state index in [0.29, 0.717) is 17.8 Å². The molecule has 30 heavy (non-hydrogen) atoms. The number of hydrogen-bond acceptors (Lipinski definition) is 6. The fraction of sp³-hybridized carbons (Fsp3) is 0.409. The predicted octanol–water partition coefficient (Wildman–Crippen LogP) is 1.65. The van der Waals surface area contributed by atoms with Gasteiger partial charge in [-0.25, -0.2) is 9.78 Å². The van der Waals surface area contributed by atoms with Crippen LogP contribution in [0.4, 0.5) is 11.5 Å². The molecule has 0 saturated carbocycles. The molecule has 156 valence electrons. The molecule has 1 atom stereocenters. The van der Waals surface area contributed by atoms with Crippen LogP contribution in [0, 0.1) is 11.3 Å². The van der Waals surface area contributed by atoms with E-state index in [1.54, 1.807) is 22.2 Å². The SMILES string of the molecule is CN(C)c1cc(N2CCCC(N)C2)c2c(n1)n(C)c(=O)n2Cc1ccccc1C#N. The van der Waals surface area contributed by atoms with E-state index < -0.39 is 0 Å². The molecule has 0 radical (unpaired) electrons. The lowest BCUT2D eigenvalue weighted by Gasteiger charge is -2.33. The van der Waals surface area contributed by atoms with Crippen LogP contribution in [-0.4, -0.2) is 47.3 Å². The largest absolute Gasteiger partial charge is 0.368 e. The lowest BCUT2D eigenvalue weighted by atomic mass is 10.1. The number of piperidine rings is 1. The first-order valence-electron chi connectivity index (χ1n) is 10.2. The Kier molecular flexibility index (Phi) is 5.22. The Balaban J connectivity index is 1.96. The minimum absolute atomic E-state index is 0.105. The van der Waals surface area contributed by atoms with E-state index in [9.17, 15) is 10.1 Å². The van der Waals surface area contributed by atoms with Crippen molar-refractivity contribution in [3.8, 4) is 6.07 Å². The summed E-state index contributed by atoms with van der Waals surface area (Å²) >= 11 is 0. The van der Waals surface area contributed by atoms with Crippen LogP contribution in [0.5, 0.6) is 0 Å². The highest BCUT2D eigenvalue weighted by Crippen LogP contribution is 2.31. The highest BCUT2D eigenvalue weighted by Gasteiger charge is 2.25. The van der Waals surface area contributed by atoms with Crippen molar-refractivity contribution in [3.05, 3.63) is 51.9 Å². The molecule has 1 aromatic carbocycles. The van der Waals surface area contributed by atoms with Gasteiger partial charge in [-0.15, -0.1) is 0 Å². The van der Waals surface area contributed by atoms with Crippen LogP contribution in [0.25, 0.3) is 11.2 Å². The van der Waals surface area contributed by atoms with Gasteiger partial charge in [-0.05, 0) is 24.5 Å². The number of nitrogens with zero attached hydrogens (tertiary/aromatic N) is 6. The smallest absolute Gasteiger partial charge is 0.330 e. The Morgan fingerprint density at radius 2 is 2.10 bits per heavy atom. The molecule has 2 N–H and O–H groups in total. The van der Waals surface area contributed by atoms with Crippen LogP contribution >= 0.6 is 0 Å². The van der Waals surface area contributed by atoms with Crippen LogP contribution < -0.4 is 21.2 Å². The lowest BCUT2D eigenvalue weighted by Crippen LogP contribution is -2.43. The summed E-state index contributed by atoms with van der Waals surface area (Å²) in [6, 6.07) is 11.8. The summed E-state index contributed by atoms with van der Waals surface area (Å²) in [5.74, 6) is 0.793. The zero-order valence-electron chi connectivity index (χ0n) is 17.7. The Morgan fingerprint density at radius 3 is 2.80 bits per heavy atom. The highest BCUT2D eigenvalue weighted by molar-refractivity contribution is 5.89. The van der Waals surface area contributed by atoms with Gasteiger partial charge in [0.1, 0.15) is 11.3 Å². The molecule has 1 saturated heterocycles. The van der Waals surface area contributed by atoms with Gasteiger partial charge in [0.15, 0.2) is 5.65 Å².